The number of anilines is 2. The van der Waals surface area contributed by atoms with E-state index >= 15 is 0 Å². The van der Waals surface area contributed by atoms with Crippen molar-refractivity contribution in [2.45, 2.75) is 26.3 Å². The number of piperazine rings is 1. The van der Waals surface area contributed by atoms with Crippen molar-refractivity contribution in [3.05, 3.63) is 59.8 Å². The molecule has 0 saturated carbocycles. The van der Waals surface area contributed by atoms with E-state index in [2.05, 4.69) is 54.5 Å². The summed E-state index contributed by atoms with van der Waals surface area (Å²) in [5.74, 6) is 0.710. The zero-order valence-corrected chi connectivity index (χ0v) is 18.8. The molecule has 4 aromatic rings. The minimum Gasteiger partial charge on any atom is -0.314 e. The summed E-state index contributed by atoms with van der Waals surface area (Å²) < 4.78 is 14.7. The smallest absolute Gasteiger partial charge is 0.229 e. The van der Waals surface area contributed by atoms with E-state index in [-0.39, 0.29) is 11.6 Å². The van der Waals surface area contributed by atoms with Crippen LogP contribution in [0, 0.1) is 5.82 Å². The third-order valence-corrected chi connectivity index (χ3v) is 5.86. The maximum Gasteiger partial charge on any atom is 0.229 e. The van der Waals surface area contributed by atoms with Crippen molar-refractivity contribution in [1.29, 1.82) is 0 Å². The molecule has 0 unspecified atom stereocenters. The number of nitrogens with one attached hydrogen (secondary N) is 3. The van der Waals surface area contributed by atoms with Gasteiger partial charge in [0.05, 0.1) is 11.7 Å². The average molecular weight is 447 g/mol. The van der Waals surface area contributed by atoms with Crippen LogP contribution in [0.5, 0.6) is 0 Å². The molecular formula is C24H27FN8. The van der Waals surface area contributed by atoms with Crippen molar-refractivity contribution in [1.82, 2.24) is 35.4 Å². The summed E-state index contributed by atoms with van der Waals surface area (Å²) in [6.45, 7) is 9.17. The molecule has 0 aliphatic carbocycles. The fraction of sp³-hybridized carbons (Fsp3) is 0.333. The van der Waals surface area contributed by atoms with E-state index in [0.717, 1.165) is 54.9 Å². The van der Waals surface area contributed by atoms with Gasteiger partial charge in [0.1, 0.15) is 11.5 Å². The first-order chi connectivity index (χ1) is 16.1. The fourth-order valence-corrected chi connectivity index (χ4v) is 4.08. The van der Waals surface area contributed by atoms with Crippen LogP contribution in [0.4, 0.5) is 16.2 Å². The molecule has 8 nitrogen and oxygen atoms in total. The van der Waals surface area contributed by atoms with Crippen LogP contribution in [0.2, 0.25) is 0 Å². The largest absolute Gasteiger partial charge is 0.314 e. The Morgan fingerprint density at radius 3 is 2.70 bits per heavy atom. The molecule has 1 aliphatic rings. The molecule has 1 fully saturated rings. The van der Waals surface area contributed by atoms with Gasteiger partial charge in [0, 0.05) is 55.6 Å². The standard InChI is InChI=1S/C24H27FN8/c1-15(2)22-18-11-17(4-5-20(18)31-32-22)23-19(25)13-28-24(30-23)29-21-6-3-16(12-27-21)14-33-9-7-26-8-10-33/h3-6,11-13,15,26H,7-10,14H2,1-2H3,(H,31,32)(H,27,28,29,30). The van der Waals surface area contributed by atoms with E-state index in [1.54, 1.807) is 0 Å². The predicted molar refractivity (Wildman–Crippen MR) is 127 cm³/mol. The van der Waals surface area contributed by atoms with Crippen molar-refractivity contribution in [3.8, 4) is 11.3 Å². The summed E-state index contributed by atoms with van der Waals surface area (Å²) >= 11 is 0. The van der Waals surface area contributed by atoms with Gasteiger partial charge in [0.15, 0.2) is 5.82 Å². The zero-order chi connectivity index (χ0) is 22.8. The van der Waals surface area contributed by atoms with Gasteiger partial charge in [0.2, 0.25) is 5.95 Å². The highest BCUT2D eigenvalue weighted by atomic mass is 19.1. The summed E-state index contributed by atoms with van der Waals surface area (Å²) in [7, 11) is 0. The molecule has 1 aromatic carbocycles. The highest BCUT2D eigenvalue weighted by Crippen LogP contribution is 2.29. The number of hydrogen-bond donors (Lipinski definition) is 3. The Balaban J connectivity index is 1.35. The number of fused-ring (bicyclic) bond motifs is 1. The monoisotopic (exact) mass is 446 g/mol. The first-order valence-electron chi connectivity index (χ1n) is 11.2. The lowest BCUT2D eigenvalue weighted by atomic mass is 10.0. The SMILES string of the molecule is CC(C)c1[nH]nc2ccc(-c3nc(Nc4ccc(CN5CCNCC5)cn4)ncc3F)cc12. The molecule has 33 heavy (non-hydrogen) atoms. The number of pyridine rings is 1. The number of aromatic nitrogens is 5. The molecule has 3 aromatic heterocycles. The van der Waals surface area contributed by atoms with Crippen LogP contribution >= 0.6 is 0 Å². The molecule has 1 aliphatic heterocycles. The topological polar surface area (TPSA) is 94.7 Å². The van der Waals surface area contributed by atoms with Crippen molar-refractivity contribution in [2.75, 3.05) is 31.5 Å². The van der Waals surface area contributed by atoms with Gasteiger partial charge in [-0.15, -0.1) is 0 Å². The Hall–Kier alpha value is -3.43. The molecule has 4 heterocycles. The van der Waals surface area contributed by atoms with Gasteiger partial charge in [-0.25, -0.2) is 19.3 Å². The van der Waals surface area contributed by atoms with Gasteiger partial charge in [0.25, 0.3) is 0 Å². The van der Waals surface area contributed by atoms with Crippen LogP contribution in [-0.2, 0) is 6.54 Å². The van der Waals surface area contributed by atoms with Crippen LogP contribution in [-0.4, -0.2) is 56.2 Å². The molecule has 9 heteroatoms. The number of aromatic amines is 1. The van der Waals surface area contributed by atoms with Gasteiger partial charge in [-0.1, -0.05) is 26.0 Å². The molecule has 1 saturated heterocycles. The van der Waals surface area contributed by atoms with E-state index in [0.29, 0.717) is 17.3 Å². The van der Waals surface area contributed by atoms with Crippen LogP contribution in [0.15, 0.2) is 42.7 Å². The van der Waals surface area contributed by atoms with Crippen molar-refractivity contribution in [3.63, 3.8) is 0 Å². The molecule has 0 bridgehead atoms. The first kappa shape index (κ1) is 21.4. The van der Waals surface area contributed by atoms with E-state index in [4.69, 9.17) is 0 Å². The second kappa shape index (κ2) is 9.21. The number of benzene rings is 1. The quantitative estimate of drug-likeness (QED) is 0.414. The Morgan fingerprint density at radius 2 is 1.94 bits per heavy atom. The summed E-state index contributed by atoms with van der Waals surface area (Å²) in [4.78, 5) is 15.4. The molecule has 3 N–H and O–H groups in total. The van der Waals surface area contributed by atoms with Gasteiger partial charge in [-0.05, 0) is 29.7 Å². The van der Waals surface area contributed by atoms with E-state index < -0.39 is 5.82 Å². The van der Waals surface area contributed by atoms with E-state index in [1.165, 1.54) is 6.20 Å². The van der Waals surface area contributed by atoms with Crippen LogP contribution in [0.25, 0.3) is 22.2 Å². The molecule has 170 valence electrons. The van der Waals surface area contributed by atoms with Crippen LogP contribution in [0.1, 0.15) is 31.0 Å². The average Bonchev–Trinajstić information content (AvgIpc) is 3.26. The number of halogens is 1. The summed E-state index contributed by atoms with van der Waals surface area (Å²) in [5.41, 5.74) is 3.93. The van der Waals surface area contributed by atoms with Crippen molar-refractivity contribution >= 4 is 22.7 Å². The lowest BCUT2D eigenvalue weighted by molar-refractivity contribution is 0.233. The summed E-state index contributed by atoms with van der Waals surface area (Å²) in [6.07, 6.45) is 3.04. The van der Waals surface area contributed by atoms with Gasteiger partial charge in [-0.2, -0.15) is 5.10 Å². The number of rotatable bonds is 6. The van der Waals surface area contributed by atoms with Gasteiger partial charge < -0.3 is 10.6 Å². The number of hydrogen-bond acceptors (Lipinski definition) is 7. The van der Waals surface area contributed by atoms with Crippen LogP contribution < -0.4 is 10.6 Å². The van der Waals surface area contributed by atoms with Gasteiger partial charge in [-0.3, -0.25) is 10.00 Å². The molecule has 0 amide bonds. The Kier molecular flexibility index (Phi) is 5.97. The fourth-order valence-electron chi connectivity index (χ4n) is 4.08. The molecule has 0 spiro atoms. The molecular weight excluding hydrogens is 419 g/mol. The second-order valence-corrected chi connectivity index (χ2v) is 8.62. The molecule has 5 rings (SSSR count). The van der Waals surface area contributed by atoms with Crippen molar-refractivity contribution in [2.24, 2.45) is 0 Å². The Bertz CT molecular complexity index is 1250. The lowest BCUT2D eigenvalue weighted by Gasteiger charge is -2.27. The Morgan fingerprint density at radius 1 is 1.09 bits per heavy atom. The van der Waals surface area contributed by atoms with Gasteiger partial charge >= 0.3 is 0 Å². The zero-order valence-electron chi connectivity index (χ0n) is 18.8. The van der Waals surface area contributed by atoms with E-state index in [9.17, 15) is 4.39 Å². The maximum atomic E-state index is 14.7. The Labute approximate surface area is 191 Å². The summed E-state index contributed by atoms with van der Waals surface area (Å²) in [5, 5.41) is 14.8. The minimum absolute atomic E-state index is 0.237. The normalized spacial score (nSPS) is 14.8. The first-order valence-corrected chi connectivity index (χ1v) is 11.2. The summed E-state index contributed by atoms with van der Waals surface area (Å²) in [6, 6.07) is 9.57. The minimum atomic E-state index is -0.478. The highest BCUT2D eigenvalue weighted by molar-refractivity contribution is 5.86. The number of nitrogens with zero attached hydrogens (tertiary/aromatic N) is 5. The predicted octanol–water partition coefficient (Wildman–Crippen LogP) is 3.83. The second-order valence-electron chi connectivity index (χ2n) is 8.62. The van der Waals surface area contributed by atoms with Crippen molar-refractivity contribution < 1.29 is 4.39 Å². The highest BCUT2D eigenvalue weighted by Gasteiger charge is 2.15. The van der Waals surface area contributed by atoms with Crippen LogP contribution in [0.3, 0.4) is 0 Å². The molecule has 0 atom stereocenters. The molecule has 0 radical (unpaired) electrons. The third kappa shape index (κ3) is 4.69. The maximum absolute atomic E-state index is 14.7. The third-order valence-electron chi connectivity index (χ3n) is 5.86. The number of H-pyrrole nitrogens is 1. The van der Waals surface area contributed by atoms with E-state index in [1.807, 2.05) is 36.5 Å². The lowest BCUT2D eigenvalue weighted by Crippen LogP contribution is -2.42.